The molecule has 0 heterocycles. The van der Waals surface area contributed by atoms with Crippen molar-refractivity contribution in [3.05, 3.63) is 35.9 Å². The van der Waals surface area contributed by atoms with Gasteiger partial charge in [0.05, 0.1) is 6.10 Å². The highest BCUT2D eigenvalue weighted by Gasteiger charge is 2.08. The van der Waals surface area contributed by atoms with Crippen LogP contribution in [0.1, 0.15) is 32.3 Å². The average molecular weight is 221 g/mol. The molecule has 2 heteroatoms. The van der Waals surface area contributed by atoms with Crippen molar-refractivity contribution >= 4 is 0 Å². The third-order valence-corrected chi connectivity index (χ3v) is 2.66. The minimum atomic E-state index is -0.268. The molecule has 1 unspecified atom stereocenters. The van der Waals surface area contributed by atoms with Crippen LogP contribution in [0.25, 0.3) is 0 Å². The molecule has 1 aromatic carbocycles. The van der Waals surface area contributed by atoms with Crippen molar-refractivity contribution in [3.8, 4) is 0 Å². The molecule has 0 saturated heterocycles. The Hall–Kier alpha value is -0.860. The Bertz CT molecular complexity index is 271. The molecule has 2 atom stereocenters. The third-order valence-electron chi connectivity index (χ3n) is 2.66. The van der Waals surface area contributed by atoms with Crippen LogP contribution in [0.2, 0.25) is 0 Å². The molecule has 0 fully saturated rings. The molecular formula is C14H23NO. The van der Waals surface area contributed by atoms with Crippen molar-refractivity contribution in [2.24, 2.45) is 0 Å². The van der Waals surface area contributed by atoms with E-state index in [-0.39, 0.29) is 6.10 Å². The first-order valence-electron chi connectivity index (χ1n) is 6.17. The normalized spacial score (nSPS) is 14.7. The molecule has 0 radical (unpaired) electrons. The predicted octanol–water partition coefficient (Wildman–Crippen LogP) is 2.37. The van der Waals surface area contributed by atoms with Crippen molar-refractivity contribution in [1.82, 2.24) is 5.32 Å². The summed E-state index contributed by atoms with van der Waals surface area (Å²) in [5.41, 5.74) is 1.36. The van der Waals surface area contributed by atoms with Gasteiger partial charge in [-0.05, 0) is 25.3 Å². The molecule has 0 amide bonds. The van der Waals surface area contributed by atoms with E-state index in [1.165, 1.54) is 12.0 Å². The Kier molecular flexibility index (Phi) is 6.12. The molecule has 16 heavy (non-hydrogen) atoms. The van der Waals surface area contributed by atoms with E-state index in [0.717, 1.165) is 12.8 Å². The van der Waals surface area contributed by atoms with Crippen LogP contribution in [0.15, 0.2) is 30.3 Å². The molecule has 0 aliphatic heterocycles. The number of aliphatic hydroxyl groups is 1. The Morgan fingerprint density at radius 2 is 1.94 bits per heavy atom. The summed E-state index contributed by atoms with van der Waals surface area (Å²) in [6.07, 6.45) is 3.10. The van der Waals surface area contributed by atoms with Crippen molar-refractivity contribution in [1.29, 1.82) is 0 Å². The monoisotopic (exact) mass is 221 g/mol. The minimum Gasteiger partial charge on any atom is -0.392 e. The largest absolute Gasteiger partial charge is 0.392 e. The van der Waals surface area contributed by atoms with Crippen molar-refractivity contribution < 1.29 is 5.11 Å². The fourth-order valence-electron chi connectivity index (χ4n) is 1.86. The zero-order valence-corrected chi connectivity index (χ0v) is 10.3. The second-order valence-electron chi connectivity index (χ2n) is 4.43. The molecule has 1 rings (SSSR count). The zero-order chi connectivity index (χ0) is 11.8. The fourth-order valence-corrected chi connectivity index (χ4v) is 1.86. The van der Waals surface area contributed by atoms with E-state index in [1.54, 1.807) is 0 Å². The van der Waals surface area contributed by atoms with E-state index in [9.17, 15) is 5.11 Å². The number of benzene rings is 1. The Balaban J connectivity index is 2.44. The summed E-state index contributed by atoms with van der Waals surface area (Å²) in [5.74, 6) is 0. The van der Waals surface area contributed by atoms with Crippen LogP contribution in [0.5, 0.6) is 0 Å². The average Bonchev–Trinajstić information content (AvgIpc) is 2.27. The van der Waals surface area contributed by atoms with E-state index < -0.39 is 0 Å². The van der Waals surface area contributed by atoms with Gasteiger partial charge in [-0.3, -0.25) is 0 Å². The van der Waals surface area contributed by atoms with Crippen molar-refractivity contribution in [2.75, 3.05) is 6.54 Å². The van der Waals surface area contributed by atoms with Gasteiger partial charge in [0.25, 0.3) is 0 Å². The Morgan fingerprint density at radius 1 is 1.25 bits per heavy atom. The third kappa shape index (κ3) is 5.29. The van der Waals surface area contributed by atoms with Gasteiger partial charge in [0.15, 0.2) is 0 Å². The fraction of sp³-hybridized carbons (Fsp3) is 0.571. The maximum absolute atomic E-state index is 9.27. The van der Waals surface area contributed by atoms with E-state index in [0.29, 0.717) is 12.6 Å². The quantitative estimate of drug-likeness (QED) is 0.741. The van der Waals surface area contributed by atoms with E-state index in [2.05, 4.69) is 36.5 Å². The highest BCUT2D eigenvalue weighted by atomic mass is 16.3. The van der Waals surface area contributed by atoms with Gasteiger partial charge in [-0.1, -0.05) is 43.7 Å². The lowest BCUT2D eigenvalue weighted by molar-refractivity contribution is 0.185. The molecule has 1 aromatic rings. The molecule has 0 bridgehead atoms. The predicted molar refractivity (Wildman–Crippen MR) is 68.5 cm³/mol. The van der Waals surface area contributed by atoms with Crippen LogP contribution in [0, 0.1) is 0 Å². The van der Waals surface area contributed by atoms with Crippen LogP contribution in [0.3, 0.4) is 0 Å². The molecule has 0 spiro atoms. The van der Waals surface area contributed by atoms with E-state index >= 15 is 0 Å². The first kappa shape index (κ1) is 13.2. The van der Waals surface area contributed by atoms with E-state index in [1.807, 2.05) is 13.0 Å². The number of hydrogen-bond acceptors (Lipinski definition) is 2. The van der Waals surface area contributed by atoms with Gasteiger partial charge < -0.3 is 10.4 Å². The lowest BCUT2D eigenvalue weighted by atomic mass is 10.0. The number of aliphatic hydroxyl groups excluding tert-OH is 1. The van der Waals surface area contributed by atoms with Crippen LogP contribution in [-0.2, 0) is 6.42 Å². The van der Waals surface area contributed by atoms with Gasteiger partial charge in [0, 0.05) is 12.6 Å². The standard InChI is InChI=1S/C14H23NO/c1-3-7-14(15-11-12(2)16)10-13-8-5-4-6-9-13/h4-6,8-9,12,14-16H,3,7,10-11H2,1-2H3/t12-,14?/m1/s1. The highest BCUT2D eigenvalue weighted by Crippen LogP contribution is 2.07. The van der Waals surface area contributed by atoms with Crippen molar-refractivity contribution in [2.45, 2.75) is 45.3 Å². The Labute approximate surface area is 98.7 Å². The van der Waals surface area contributed by atoms with Gasteiger partial charge >= 0.3 is 0 Å². The van der Waals surface area contributed by atoms with Gasteiger partial charge in [-0.15, -0.1) is 0 Å². The highest BCUT2D eigenvalue weighted by molar-refractivity contribution is 5.15. The second-order valence-corrected chi connectivity index (χ2v) is 4.43. The number of rotatable bonds is 7. The summed E-state index contributed by atoms with van der Waals surface area (Å²) in [5, 5.41) is 12.7. The zero-order valence-electron chi connectivity index (χ0n) is 10.3. The SMILES string of the molecule is CCCC(Cc1ccccc1)NC[C@@H](C)O. The Morgan fingerprint density at radius 3 is 2.50 bits per heavy atom. The summed E-state index contributed by atoms with van der Waals surface area (Å²) >= 11 is 0. The van der Waals surface area contributed by atoms with Crippen LogP contribution >= 0.6 is 0 Å². The summed E-state index contributed by atoms with van der Waals surface area (Å²) in [6, 6.07) is 11.0. The first-order valence-corrected chi connectivity index (χ1v) is 6.17. The lowest BCUT2D eigenvalue weighted by Gasteiger charge is -2.19. The summed E-state index contributed by atoms with van der Waals surface area (Å²) in [7, 11) is 0. The molecule has 2 nitrogen and oxygen atoms in total. The summed E-state index contributed by atoms with van der Waals surface area (Å²) < 4.78 is 0. The first-order chi connectivity index (χ1) is 7.72. The molecule has 90 valence electrons. The molecule has 0 saturated carbocycles. The van der Waals surface area contributed by atoms with Crippen LogP contribution in [0.4, 0.5) is 0 Å². The van der Waals surface area contributed by atoms with Gasteiger partial charge in [0.1, 0.15) is 0 Å². The molecular weight excluding hydrogens is 198 g/mol. The van der Waals surface area contributed by atoms with Gasteiger partial charge in [0.2, 0.25) is 0 Å². The summed E-state index contributed by atoms with van der Waals surface area (Å²) in [4.78, 5) is 0. The van der Waals surface area contributed by atoms with Gasteiger partial charge in [-0.25, -0.2) is 0 Å². The topological polar surface area (TPSA) is 32.3 Å². The maximum atomic E-state index is 9.27. The van der Waals surface area contributed by atoms with Crippen LogP contribution in [-0.4, -0.2) is 23.8 Å². The van der Waals surface area contributed by atoms with Crippen molar-refractivity contribution in [3.63, 3.8) is 0 Å². The second kappa shape index (κ2) is 7.42. The smallest absolute Gasteiger partial charge is 0.0636 e. The summed E-state index contributed by atoms with van der Waals surface area (Å²) in [6.45, 7) is 4.69. The minimum absolute atomic E-state index is 0.268. The molecule has 2 N–H and O–H groups in total. The molecule has 0 aliphatic rings. The van der Waals surface area contributed by atoms with Crippen LogP contribution < -0.4 is 5.32 Å². The lowest BCUT2D eigenvalue weighted by Crippen LogP contribution is -2.36. The number of hydrogen-bond donors (Lipinski definition) is 2. The van der Waals surface area contributed by atoms with Gasteiger partial charge in [-0.2, -0.15) is 0 Å². The molecule has 0 aliphatic carbocycles. The number of nitrogens with one attached hydrogen (secondary N) is 1. The van der Waals surface area contributed by atoms with E-state index in [4.69, 9.17) is 0 Å². The molecule has 0 aromatic heterocycles. The maximum Gasteiger partial charge on any atom is 0.0636 e.